The second kappa shape index (κ2) is 2.67. The molecule has 0 spiro atoms. The molecule has 1 aliphatic rings. The minimum absolute atomic E-state index is 0.273. The van der Waals surface area contributed by atoms with Crippen molar-refractivity contribution in [3.05, 3.63) is 0 Å². The maximum Gasteiger partial charge on any atom is 0.0521 e. The third-order valence-electron chi connectivity index (χ3n) is 2.02. The average Bonchev–Trinajstić information content (AvgIpc) is 2.16. The van der Waals surface area contributed by atoms with Crippen molar-refractivity contribution in [1.29, 1.82) is 0 Å². The Bertz CT molecular complexity index is 84.9. The van der Waals surface area contributed by atoms with Crippen LogP contribution >= 0.6 is 0 Å². The zero-order chi connectivity index (χ0) is 6.74. The van der Waals surface area contributed by atoms with Crippen LogP contribution in [0.3, 0.4) is 0 Å². The molecule has 1 unspecified atom stereocenters. The van der Waals surface area contributed by atoms with E-state index in [1.165, 1.54) is 0 Å². The first-order valence-corrected chi connectivity index (χ1v) is 3.45. The minimum atomic E-state index is 0.273. The molecule has 1 aliphatic heterocycles. The fourth-order valence-electron chi connectivity index (χ4n) is 1.18. The van der Waals surface area contributed by atoms with Gasteiger partial charge in [-0.1, -0.05) is 6.92 Å². The highest BCUT2D eigenvalue weighted by Gasteiger charge is 2.28. The van der Waals surface area contributed by atoms with E-state index in [4.69, 9.17) is 9.84 Å². The van der Waals surface area contributed by atoms with Gasteiger partial charge < -0.3 is 9.84 Å². The molecular weight excluding hydrogens is 116 g/mol. The molecule has 54 valence electrons. The Labute approximate surface area is 55.8 Å². The second-order valence-corrected chi connectivity index (χ2v) is 3.09. The summed E-state index contributed by atoms with van der Waals surface area (Å²) in [5.74, 6) is 0. The Morgan fingerprint density at radius 2 is 2.44 bits per heavy atom. The predicted molar refractivity (Wildman–Crippen MR) is 35.2 cm³/mol. The standard InChI is InChI=1S/C7H14O2/c1-7(2-4-8)3-5-9-6-7/h8H,2-6H2,1H3. The SMILES string of the molecule is CC1(CCO)CCOC1. The maximum atomic E-state index is 8.64. The predicted octanol–water partition coefficient (Wildman–Crippen LogP) is 0.795. The maximum absolute atomic E-state index is 8.64. The van der Waals surface area contributed by atoms with Crippen LogP contribution in [0, 0.1) is 5.41 Å². The first-order chi connectivity index (χ1) is 4.27. The van der Waals surface area contributed by atoms with E-state index in [9.17, 15) is 0 Å². The third-order valence-corrected chi connectivity index (χ3v) is 2.02. The number of rotatable bonds is 2. The molecule has 1 rings (SSSR count). The van der Waals surface area contributed by atoms with Crippen molar-refractivity contribution in [2.45, 2.75) is 19.8 Å². The van der Waals surface area contributed by atoms with Crippen molar-refractivity contribution in [2.75, 3.05) is 19.8 Å². The van der Waals surface area contributed by atoms with Gasteiger partial charge in [0.05, 0.1) is 6.61 Å². The van der Waals surface area contributed by atoms with Gasteiger partial charge in [-0.25, -0.2) is 0 Å². The number of ether oxygens (including phenoxy) is 1. The quantitative estimate of drug-likeness (QED) is 0.599. The van der Waals surface area contributed by atoms with E-state index in [0.717, 1.165) is 26.1 Å². The van der Waals surface area contributed by atoms with Crippen molar-refractivity contribution < 1.29 is 9.84 Å². The molecule has 1 fully saturated rings. The van der Waals surface area contributed by atoms with Gasteiger partial charge in [-0.2, -0.15) is 0 Å². The fraction of sp³-hybridized carbons (Fsp3) is 1.00. The molecule has 1 saturated heterocycles. The Balaban J connectivity index is 2.32. The molecule has 0 saturated carbocycles. The van der Waals surface area contributed by atoms with Gasteiger partial charge in [-0.05, 0) is 18.3 Å². The van der Waals surface area contributed by atoms with Crippen LogP contribution in [0.15, 0.2) is 0 Å². The van der Waals surface area contributed by atoms with Gasteiger partial charge in [0.1, 0.15) is 0 Å². The van der Waals surface area contributed by atoms with E-state index in [2.05, 4.69) is 6.92 Å². The molecule has 0 radical (unpaired) electrons. The summed E-state index contributed by atoms with van der Waals surface area (Å²) in [7, 11) is 0. The molecule has 0 amide bonds. The molecule has 2 heteroatoms. The largest absolute Gasteiger partial charge is 0.396 e. The van der Waals surface area contributed by atoms with E-state index >= 15 is 0 Å². The lowest BCUT2D eigenvalue weighted by Gasteiger charge is -2.18. The van der Waals surface area contributed by atoms with Gasteiger partial charge in [0.25, 0.3) is 0 Å². The zero-order valence-corrected chi connectivity index (χ0v) is 5.89. The van der Waals surface area contributed by atoms with Crippen molar-refractivity contribution in [2.24, 2.45) is 5.41 Å². The summed E-state index contributed by atoms with van der Waals surface area (Å²) in [6, 6.07) is 0. The van der Waals surface area contributed by atoms with E-state index in [1.54, 1.807) is 0 Å². The number of hydrogen-bond donors (Lipinski definition) is 1. The van der Waals surface area contributed by atoms with Gasteiger partial charge in [0.15, 0.2) is 0 Å². The van der Waals surface area contributed by atoms with Crippen molar-refractivity contribution in [3.8, 4) is 0 Å². The Morgan fingerprint density at radius 3 is 2.89 bits per heavy atom. The molecule has 0 aliphatic carbocycles. The Morgan fingerprint density at radius 1 is 1.67 bits per heavy atom. The van der Waals surface area contributed by atoms with Gasteiger partial charge >= 0.3 is 0 Å². The van der Waals surface area contributed by atoms with Crippen LogP contribution in [-0.4, -0.2) is 24.9 Å². The summed E-state index contributed by atoms with van der Waals surface area (Å²) in [5, 5.41) is 8.64. The minimum Gasteiger partial charge on any atom is -0.396 e. The highest BCUT2D eigenvalue weighted by molar-refractivity contribution is 4.77. The second-order valence-electron chi connectivity index (χ2n) is 3.09. The van der Waals surface area contributed by atoms with Crippen molar-refractivity contribution in [1.82, 2.24) is 0 Å². The Hall–Kier alpha value is -0.0800. The van der Waals surface area contributed by atoms with E-state index in [0.29, 0.717) is 6.61 Å². The van der Waals surface area contributed by atoms with Crippen LogP contribution in [-0.2, 0) is 4.74 Å². The first kappa shape index (κ1) is 7.03. The summed E-state index contributed by atoms with van der Waals surface area (Å²) in [5.41, 5.74) is 0.273. The van der Waals surface area contributed by atoms with Crippen LogP contribution in [0.4, 0.5) is 0 Å². The summed E-state index contributed by atoms with van der Waals surface area (Å²) >= 11 is 0. The topological polar surface area (TPSA) is 29.5 Å². The van der Waals surface area contributed by atoms with Gasteiger partial charge in [0.2, 0.25) is 0 Å². The van der Waals surface area contributed by atoms with Crippen LogP contribution in [0.2, 0.25) is 0 Å². The zero-order valence-electron chi connectivity index (χ0n) is 5.89. The van der Waals surface area contributed by atoms with Crippen LogP contribution < -0.4 is 0 Å². The molecule has 1 atom stereocenters. The van der Waals surface area contributed by atoms with Crippen molar-refractivity contribution >= 4 is 0 Å². The summed E-state index contributed by atoms with van der Waals surface area (Å²) in [6.45, 7) is 4.15. The molecular formula is C7H14O2. The molecule has 1 N–H and O–H groups in total. The van der Waals surface area contributed by atoms with E-state index in [-0.39, 0.29) is 5.41 Å². The third kappa shape index (κ3) is 1.66. The highest BCUT2D eigenvalue weighted by Crippen LogP contribution is 2.30. The molecule has 0 bridgehead atoms. The summed E-state index contributed by atoms with van der Waals surface area (Å²) in [6.07, 6.45) is 1.99. The van der Waals surface area contributed by atoms with E-state index < -0.39 is 0 Å². The number of aliphatic hydroxyl groups excluding tert-OH is 1. The monoisotopic (exact) mass is 130 g/mol. The molecule has 1 heterocycles. The fourth-order valence-corrected chi connectivity index (χ4v) is 1.18. The number of aliphatic hydroxyl groups is 1. The normalized spacial score (nSPS) is 35.3. The molecule has 2 nitrogen and oxygen atoms in total. The lowest BCUT2D eigenvalue weighted by Crippen LogP contribution is -2.17. The highest BCUT2D eigenvalue weighted by atomic mass is 16.5. The summed E-state index contributed by atoms with van der Waals surface area (Å²) < 4.78 is 5.20. The molecule has 0 aromatic rings. The van der Waals surface area contributed by atoms with Crippen LogP contribution in [0.25, 0.3) is 0 Å². The van der Waals surface area contributed by atoms with Gasteiger partial charge in [-0.3, -0.25) is 0 Å². The molecule has 0 aromatic carbocycles. The lowest BCUT2D eigenvalue weighted by molar-refractivity contribution is 0.137. The Kier molecular flexibility index (Phi) is 2.09. The average molecular weight is 130 g/mol. The van der Waals surface area contributed by atoms with Gasteiger partial charge in [-0.15, -0.1) is 0 Å². The molecule has 0 aromatic heterocycles. The first-order valence-electron chi connectivity index (χ1n) is 3.45. The summed E-state index contributed by atoms with van der Waals surface area (Å²) in [4.78, 5) is 0. The molecule has 9 heavy (non-hydrogen) atoms. The van der Waals surface area contributed by atoms with E-state index in [1.807, 2.05) is 0 Å². The lowest BCUT2D eigenvalue weighted by atomic mass is 9.87. The van der Waals surface area contributed by atoms with Crippen molar-refractivity contribution in [3.63, 3.8) is 0 Å². The van der Waals surface area contributed by atoms with Gasteiger partial charge in [0, 0.05) is 13.2 Å². The van der Waals surface area contributed by atoms with Crippen LogP contribution in [0.5, 0.6) is 0 Å². The number of hydrogen-bond acceptors (Lipinski definition) is 2. The van der Waals surface area contributed by atoms with Crippen LogP contribution in [0.1, 0.15) is 19.8 Å². The smallest absolute Gasteiger partial charge is 0.0521 e.